The summed E-state index contributed by atoms with van der Waals surface area (Å²) in [6.07, 6.45) is -4.89. The summed E-state index contributed by atoms with van der Waals surface area (Å²) >= 11 is 5.85. The van der Waals surface area contributed by atoms with Gasteiger partial charge in [-0.15, -0.1) is 23.4 Å². The minimum absolute atomic E-state index is 0.159. The summed E-state index contributed by atoms with van der Waals surface area (Å²) in [6, 6.07) is 6.68. The van der Waals surface area contributed by atoms with Gasteiger partial charge in [-0.1, -0.05) is 18.2 Å². The fourth-order valence-electron chi connectivity index (χ4n) is 3.09. The van der Waals surface area contributed by atoms with E-state index >= 15 is 0 Å². The molecule has 0 atom stereocenters. The van der Waals surface area contributed by atoms with Gasteiger partial charge in [-0.2, -0.15) is 0 Å². The summed E-state index contributed by atoms with van der Waals surface area (Å²) in [6.45, 7) is 7.42. The normalized spacial score (nSPS) is 18.7. The van der Waals surface area contributed by atoms with Crippen molar-refractivity contribution in [1.82, 2.24) is 15.5 Å². The third-order valence-corrected chi connectivity index (χ3v) is 5.19. The second-order valence-electron chi connectivity index (χ2n) is 7.98. The molecule has 1 amide bonds. The largest absolute Gasteiger partial charge is 0.522 e. The van der Waals surface area contributed by atoms with Crippen LogP contribution in [0.2, 0.25) is 5.02 Å². The van der Waals surface area contributed by atoms with E-state index < -0.39 is 18.1 Å². The summed E-state index contributed by atoms with van der Waals surface area (Å²) in [5.74, 6) is 0.352. The molecule has 1 heterocycles. The number of ether oxygens (including phenoxy) is 2. The van der Waals surface area contributed by atoms with Gasteiger partial charge in [-0.3, -0.25) is 9.53 Å². The zero-order valence-electron chi connectivity index (χ0n) is 17.5. The Bertz CT molecular complexity index is 954. The van der Waals surface area contributed by atoms with E-state index in [4.69, 9.17) is 20.8 Å². The Morgan fingerprint density at radius 1 is 1.25 bits per heavy atom. The maximum atomic E-state index is 12.5. The van der Waals surface area contributed by atoms with Gasteiger partial charge in [0.25, 0.3) is 5.91 Å². The number of carbonyl (C=O) groups excluding carboxylic acids is 1. The Hall–Kier alpha value is -2.59. The van der Waals surface area contributed by atoms with Crippen LogP contribution in [0.25, 0.3) is 5.57 Å². The average molecular weight is 474 g/mol. The minimum atomic E-state index is -4.65. The van der Waals surface area contributed by atoms with Gasteiger partial charge in [-0.05, 0) is 57.4 Å². The molecule has 2 aromatic rings. The van der Waals surface area contributed by atoms with Crippen molar-refractivity contribution >= 4 is 23.1 Å². The van der Waals surface area contributed by atoms with Crippen LogP contribution in [0.1, 0.15) is 50.8 Å². The van der Waals surface area contributed by atoms with Gasteiger partial charge >= 0.3 is 6.36 Å². The number of rotatable bonds is 9. The number of alkyl halides is 3. The molecule has 1 aliphatic rings. The minimum Gasteiger partial charge on any atom is -0.478 e. The first-order valence-corrected chi connectivity index (χ1v) is 10.3. The van der Waals surface area contributed by atoms with Gasteiger partial charge in [0.05, 0.1) is 6.10 Å². The number of nitrogens with zero attached hydrogens (tertiary/aromatic N) is 2. The fraction of sp³-hybridized carbons (Fsp3) is 0.476. The van der Waals surface area contributed by atoms with E-state index in [2.05, 4.69) is 26.8 Å². The molecule has 1 aromatic carbocycles. The van der Waals surface area contributed by atoms with E-state index in [1.54, 1.807) is 38.1 Å². The van der Waals surface area contributed by atoms with Gasteiger partial charge in [-0.25, -0.2) is 0 Å². The van der Waals surface area contributed by atoms with Crippen LogP contribution in [0.3, 0.4) is 0 Å². The Balaban J connectivity index is 1.43. The number of halogens is 4. The second kappa shape index (κ2) is 9.50. The molecule has 174 valence electrons. The Morgan fingerprint density at radius 2 is 1.91 bits per heavy atom. The lowest BCUT2D eigenvalue weighted by Crippen LogP contribution is -2.46. The van der Waals surface area contributed by atoms with Gasteiger partial charge in [0.1, 0.15) is 5.75 Å². The summed E-state index contributed by atoms with van der Waals surface area (Å²) < 4.78 is 51.9. The standard InChI is InChI=1S/C21H23ClF3N3O4/c1-12(17-27-28-18(30-17)13-10-16(11-13)32-21(23,24)25)8-9-26-19(29)20(2,3)31-15-6-4-14(22)5-7-15/h4-7,13,16H,1,8-11H2,2-3H3,(H,26,29). The van der Waals surface area contributed by atoms with Crippen molar-refractivity contribution in [2.75, 3.05) is 6.54 Å². The van der Waals surface area contributed by atoms with Crippen LogP contribution in [0.5, 0.6) is 5.75 Å². The molecule has 1 saturated carbocycles. The molecule has 1 aromatic heterocycles. The van der Waals surface area contributed by atoms with E-state index in [1.165, 1.54) is 0 Å². The molecule has 1 fully saturated rings. The van der Waals surface area contributed by atoms with E-state index in [9.17, 15) is 18.0 Å². The third-order valence-electron chi connectivity index (χ3n) is 4.93. The molecule has 0 aliphatic heterocycles. The highest BCUT2D eigenvalue weighted by Gasteiger charge is 2.42. The monoisotopic (exact) mass is 473 g/mol. The van der Waals surface area contributed by atoms with Crippen LogP contribution >= 0.6 is 11.6 Å². The smallest absolute Gasteiger partial charge is 0.478 e. The van der Waals surface area contributed by atoms with Gasteiger partial charge in [0.2, 0.25) is 11.8 Å². The van der Waals surface area contributed by atoms with Gasteiger partial charge < -0.3 is 14.5 Å². The predicted molar refractivity (Wildman–Crippen MR) is 110 cm³/mol. The van der Waals surface area contributed by atoms with Crippen LogP contribution < -0.4 is 10.1 Å². The van der Waals surface area contributed by atoms with E-state index in [0.29, 0.717) is 22.8 Å². The van der Waals surface area contributed by atoms with Crippen LogP contribution in [0.4, 0.5) is 13.2 Å². The molecule has 3 rings (SSSR count). The number of hydrogen-bond donors (Lipinski definition) is 1. The van der Waals surface area contributed by atoms with Crippen LogP contribution in [0, 0.1) is 0 Å². The fourth-order valence-corrected chi connectivity index (χ4v) is 3.21. The topological polar surface area (TPSA) is 86.5 Å². The lowest BCUT2D eigenvalue weighted by molar-refractivity contribution is -0.352. The molecule has 0 spiro atoms. The van der Waals surface area contributed by atoms with E-state index in [0.717, 1.165) is 0 Å². The predicted octanol–water partition coefficient (Wildman–Crippen LogP) is 4.88. The Morgan fingerprint density at radius 3 is 2.53 bits per heavy atom. The molecular weight excluding hydrogens is 451 g/mol. The molecule has 1 N–H and O–H groups in total. The van der Waals surface area contributed by atoms with E-state index in [1.807, 2.05) is 0 Å². The van der Waals surface area contributed by atoms with Gasteiger partial charge in [0, 0.05) is 23.1 Å². The summed E-state index contributed by atoms with van der Waals surface area (Å²) in [7, 11) is 0. The molecule has 1 aliphatic carbocycles. The first-order chi connectivity index (χ1) is 14.9. The van der Waals surface area contributed by atoms with Crippen LogP contribution in [0.15, 0.2) is 35.3 Å². The molecule has 11 heteroatoms. The van der Waals surface area contributed by atoms with Crippen LogP contribution in [-0.4, -0.2) is 40.7 Å². The van der Waals surface area contributed by atoms with Crippen molar-refractivity contribution in [1.29, 1.82) is 0 Å². The molecular formula is C21H23ClF3N3O4. The SMILES string of the molecule is C=C(CCNC(=O)C(C)(C)Oc1ccc(Cl)cc1)c1nnc(C2CC(OC(F)(F)F)C2)o1. The maximum Gasteiger partial charge on any atom is 0.522 e. The van der Waals surface area contributed by atoms with Gasteiger partial charge in [0.15, 0.2) is 5.60 Å². The van der Waals surface area contributed by atoms with Crippen molar-refractivity contribution in [3.8, 4) is 5.75 Å². The lowest BCUT2D eigenvalue weighted by Gasteiger charge is -2.32. The number of amides is 1. The first kappa shape index (κ1) is 24.1. The highest BCUT2D eigenvalue weighted by Crippen LogP contribution is 2.41. The van der Waals surface area contributed by atoms with Crippen molar-refractivity contribution in [3.05, 3.63) is 47.6 Å². The zero-order chi connectivity index (χ0) is 23.5. The number of aromatic nitrogens is 2. The molecule has 0 bridgehead atoms. The average Bonchev–Trinajstić information content (AvgIpc) is 3.14. The van der Waals surface area contributed by atoms with Crippen molar-refractivity contribution in [2.45, 2.75) is 57.1 Å². The molecule has 0 saturated heterocycles. The Labute approximate surface area is 187 Å². The van der Waals surface area contributed by atoms with E-state index in [-0.39, 0.29) is 43.0 Å². The molecule has 7 nitrogen and oxygen atoms in total. The van der Waals surface area contributed by atoms with Crippen molar-refractivity contribution in [3.63, 3.8) is 0 Å². The highest BCUT2D eigenvalue weighted by atomic mass is 35.5. The maximum absolute atomic E-state index is 12.5. The second-order valence-corrected chi connectivity index (χ2v) is 8.41. The van der Waals surface area contributed by atoms with Crippen LogP contribution in [-0.2, 0) is 9.53 Å². The first-order valence-electron chi connectivity index (χ1n) is 9.92. The highest BCUT2D eigenvalue weighted by molar-refractivity contribution is 6.30. The lowest BCUT2D eigenvalue weighted by atomic mass is 9.82. The summed E-state index contributed by atoms with van der Waals surface area (Å²) in [4.78, 5) is 12.5. The summed E-state index contributed by atoms with van der Waals surface area (Å²) in [5.41, 5.74) is -0.616. The number of benzene rings is 1. The molecule has 0 unspecified atom stereocenters. The third kappa shape index (κ3) is 6.46. The number of nitrogens with one attached hydrogen (secondary N) is 1. The summed E-state index contributed by atoms with van der Waals surface area (Å²) in [5, 5.41) is 11.1. The molecule has 32 heavy (non-hydrogen) atoms. The quantitative estimate of drug-likeness (QED) is 0.558. The Kier molecular flexibility index (Phi) is 7.14. The molecule has 0 radical (unpaired) electrons. The van der Waals surface area contributed by atoms with Crippen molar-refractivity contribution in [2.24, 2.45) is 0 Å². The van der Waals surface area contributed by atoms with Crippen molar-refractivity contribution < 1.29 is 31.9 Å². The number of hydrogen-bond acceptors (Lipinski definition) is 6. The number of carbonyl (C=O) groups is 1. The zero-order valence-corrected chi connectivity index (χ0v) is 18.3.